The number of nitrogens with zero attached hydrogens (tertiary/aromatic N) is 3. The van der Waals surface area contributed by atoms with Crippen LogP contribution in [0.1, 0.15) is 25.5 Å². The first kappa shape index (κ1) is 16.0. The van der Waals surface area contributed by atoms with Crippen molar-refractivity contribution in [2.45, 2.75) is 26.3 Å². The van der Waals surface area contributed by atoms with E-state index in [2.05, 4.69) is 27.4 Å². The number of aryl methyl sites for hydroxylation is 1. The number of hydrogen-bond donors (Lipinski definition) is 2. The minimum Gasteiger partial charge on any atom is -0.355 e. The quantitative estimate of drug-likeness (QED) is 0.746. The summed E-state index contributed by atoms with van der Waals surface area (Å²) in [6, 6.07) is 10.2. The average Bonchev–Trinajstić information content (AvgIpc) is 2.94. The van der Waals surface area contributed by atoms with Gasteiger partial charge in [-0.05, 0) is 25.8 Å². The van der Waals surface area contributed by atoms with Gasteiger partial charge in [-0.2, -0.15) is 4.98 Å². The zero-order valence-electron chi connectivity index (χ0n) is 14.0. The molecule has 0 amide bonds. The second-order valence-corrected chi connectivity index (χ2v) is 6.05. The van der Waals surface area contributed by atoms with Crippen molar-refractivity contribution in [2.24, 2.45) is 7.05 Å². The number of rotatable bonds is 5. The molecule has 0 aliphatic heterocycles. The van der Waals surface area contributed by atoms with Crippen LogP contribution in [0.15, 0.2) is 39.9 Å². The van der Waals surface area contributed by atoms with Crippen LogP contribution < -0.4 is 16.6 Å². The summed E-state index contributed by atoms with van der Waals surface area (Å²) in [6.45, 7) is 4.65. The van der Waals surface area contributed by atoms with Gasteiger partial charge in [-0.15, -0.1) is 0 Å². The third kappa shape index (κ3) is 2.84. The van der Waals surface area contributed by atoms with Gasteiger partial charge in [0, 0.05) is 19.6 Å². The van der Waals surface area contributed by atoms with Crippen molar-refractivity contribution < 1.29 is 0 Å². The van der Waals surface area contributed by atoms with E-state index in [4.69, 9.17) is 0 Å². The zero-order valence-corrected chi connectivity index (χ0v) is 14.0. The number of anilines is 1. The van der Waals surface area contributed by atoms with Crippen molar-refractivity contribution in [3.05, 3.63) is 56.7 Å². The fourth-order valence-electron chi connectivity index (χ4n) is 2.79. The molecule has 7 heteroatoms. The van der Waals surface area contributed by atoms with Crippen LogP contribution in [0.4, 0.5) is 5.95 Å². The Labute approximate surface area is 139 Å². The van der Waals surface area contributed by atoms with Gasteiger partial charge in [0.25, 0.3) is 5.56 Å². The molecule has 0 unspecified atom stereocenters. The highest BCUT2D eigenvalue weighted by molar-refractivity contribution is 5.74. The van der Waals surface area contributed by atoms with Crippen molar-refractivity contribution in [2.75, 3.05) is 11.9 Å². The summed E-state index contributed by atoms with van der Waals surface area (Å²) in [7, 11) is 1.60. The molecule has 0 fully saturated rings. The van der Waals surface area contributed by atoms with Crippen LogP contribution in [-0.4, -0.2) is 25.6 Å². The fourth-order valence-corrected chi connectivity index (χ4v) is 2.79. The van der Waals surface area contributed by atoms with Crippen molar-refractivity contribution in [1.29, 1.82) is 0 Å². The average molecular weight is 327 g/mol. The lowest BCUT2D eigenvalue weighted by Gasteiger charge is -2.13. The molecular formula is C17H21N5O2. The van der Waals surface area contributed by atoms with Gasteiger partial charge >= 0.3 is 5.69 Å². The zero-order chi connectivity index (χ0) is 17.3. The Bertz CT molecular complexity index is 966. The molecule has 24 heavy (non-hydrogen) atoms. The molecule has 3 rings (SSSR count). The van der Waals surface area contributed by atoms with Crippen LogP contribution in [0.5, 0.6) is 0 Å². The van der Waals surface area contributed by atoms with Crippen molar-refractivity contribution in [3.8, 4) is 0 Å². The number of aromatic amines is 1. The van der Waals surface area contributed by atoms with E-state index < -0.39 is 11.2 Å². The second-order valence-electron chi connectivity index (χ2n) is 6.05. The van der Waals surface area contributed by atoms with E-state index in [0.717, 1.165) is 6.42 Å². The van der Waals surface area contributed by atoms with Gasteiger partial charge in [-0.1, -0.05) is 30.3 Å². The summed E-state index contributed by atoms with van der Waals surface area (Å²) in [4.78, 5) is 30.8. The first-order valence-electron chi connectivity index (χ1n) is 7.98. The van der Waals surface area contributed by atoms with Crippen LogP contribution in [0.25, 0.3) is 11.2 Å². The number of fused-ring (bicyclic) bond motifs is 1. The first-order chi connectivity index (χ1) is 11.5. The van der Waals surface area contributed by atoms with Crippen LogP contribution in [0.2, 0.25) is 0 Å². The lowest BCUT2D eigenvalue weighted by atomic mass is 10.1. The fraction of sp³-hybridized carbons (Fsp3) is 0.353. The minimum absolute atomic E-state index is 0.0350. The maximum absolute atomic E-state index is 12.2. The third-order valence-electron chi connectivity index (χ3n) is 4.01. The summed E-state index contributed by atoms with van der Waals surface area (Å²) in [5.74, 6) is 0.600. The Balaban J connectivity index is 1.97. The predicted molar refractivity (Wildman–Crippen MR) is 94.6 cm³/mol. The van der Waals surface area contributed by atoms with E-state index in [0.29, 0.717) is 23.7 Å². The Kier molecular flexibility index (Phi) is 4.24. The van der Waals surface area contributed by atoms with Gasteiger partial charge in [0.1, 0.15) is 0 Å². The molecule has 126 valence electrons. The summed E-state index contributed by atoms with van der Waals surface area (Å²) in [6.07, 6.45) is 0.845. The van der Waals surface area contributed by atoms with E-state index in [1.807, 2.05) is 36.6 Å². The van der Waals surface area contributed by atoms with Crippen molar-refractivity contribution >= 4 is 17.1 Å². The van der Waals surface area contributed by atoms with Gasteiger partial charge in [0.05, 0.1) is 0 Å². The molecule has 0 atom stereocenters. The topological polar surface area (TPSA) is 84.7 Å². The molecule has 7 nitrogen and oxygen atoms in total. The number of aromatic nitrogens is 4. The van der Waals surface area contributed by atoms with Crippen molar-refractivity contribution in [1.82, 2.24) is 19.1 Å². The van der Waals surface area contributed by atoms with E-state index in [-0.39, 0.29) is 6.04 Å². The lowest BCUT2D eigenvalue weighted by molar-refractivity contribution is 0.619. The Morgan fingerprint density at radius 2 is 1.92 bits per heavy atom. The first-order valence-corrected chi connectivity index (χ1v) is 7.98. The number of benzene rings is 1. The Morgan fingerprint density at radius 3 is 2.58 bits per heavy atom. The number of imidazole rings is 1. The number of H-pyrrole nitrogens is 1. The summed E-state index contributed by atoms with van der Waals surface area (Å²) < 4.78 is 3.19. The second kappa shape index (κ2) is 6.35. The Morgan fingerprint density at radius 1 is 1.21 bits per heavy atom. The normalized spacial score (nSPS) is 11.3. The molecule has 0 spiro atoms. The molecule has 3 aromatic rings. The van der Waals surface area contributed by atoms with Gasteiger partial charge in [-0.25, -0.2) is 4.79 Å². The maximum Gasteiger partial charge on any atom is 0.329 e. The molecule has 0 radical (unpaired) electrons. The largest absolute Gasteiger partial charge is 0.355 e. The molecule has 2 N–H and O–H groups in total. The SMILES string of the molecule is CC(C)n1c(NCCc2ccccc2)nc2c1c(=O)[nH]c(=O)n2C. The van der Waals surface area contributed by atoms with Gasteiger partial charge in [0.2, 0.25) is 5.95 Å². The molecule has 0 saturated heterocycles. The summed E-state index contributed by atoms with van der Waals surface area (Å²) in [5, 5.41) is 3.29. The van der Waals surface area contributed by atoms with Crippen LogP contribution in [0, 0.1) is 0 Å². The maximum atomic E-state index is 12.2. The van der Waals surface area contributed by atoms with Crippen LogP contribution in [0.3, 0.4) is 0 Å². The molecular weight excluding hydrogens is 306 g/mol. The minimum atomic E-state index is -0.461. The Hall–Kier alpha value is -2.83. The summed E-state index contributed by atoms with van der Waals surface area (Å²) >= 11 is 0. The highest BCUT2D eigenvalue weighted by Gasteiger charge is 2.18. The molecule has 0 aliphatic carbocycles. The van der Waals surface area contributed by atoms with Gasteiger partial charge in [-0.3, -0.25) is 14.3 Å². The van der Waals surface area contributed by atoms with Gasteiger partial charge < -0.3 is 9.88 Å². The molecule has 0 bridgehead atoms. The van der Waals surface area contributed by atoms with E-state index in [9.17, 15) is 9.59 Å². The van der Waals surface area contributed by atoms with E-state index in [1.54, 1.807) is 7.05 Å². The van der Waals surface area contributed by atoms with E-state index in [1.165, 1.54) is 10.1 Å². The standard InChI is InChI=1S/C17H21N5O2/c1-11(2)22-13-14(21(3)17(24)20-15(13)23)19-16(22)18-10-9-12-7-5-4-6-8-12/h4-8,11H,9-10H2,1-3H3,(H,18,19)(H,20,23,24). The van der Waals surface area contributed by atoms with Crippen LogP contribution >= 0.6 is 0 Å². The molecule has 0 saturated carbocycles. The molecule has 2 aromatic heterocycles. The van der Waals surface area contributed by atoms with E-state index >= 15 is 0 Å². The number of hydrogen-bond acceptors (Lipinski definition) is 4. The lowest BCUT2D eigenvalue weighted by Crippen LogP contribution is -2.29. The predicted octanol–water partition coefficient (Wildman–Crippen LogP) is 1.66. The molecule has 2 heterocycles. The third-order valence-corrected chi connectivity index (χ3v) is 4.01. The number of nitrogens with one attached hydrogen (secondary N) is 2. The van der Waals surface area contributed by atoms with Crippen LogP contribution in [-0.2, 0) is 13.5 Å². The molecule has 1 aromatic carbocycles. The van der Waals surface area contributed by atoms with Gasteiger partial charge in [0.15, 0.2) is 11.2 Å². The highest BCUT2D eigenvalue weighted by Crippen LogP contribution is 2.20. The highest BCUT2D eigenvalue weighted by atomic mass is 16.2. The summed E-state index contributed by atoms with van der Waals surface area (Å²) in [5.41, 5.74) is 1.15. The molecule has 0 aliphatic rings. The smallest absolute Gasteiger partial charge is 0.329 e. The monoisotopic (exact) mass is 327 g/mol. The van der Waals surface area contributed by atoms with Crippen molar-refractivity contribution in [3.63, 3.8) is 0 Å².